The van der Waals surface area contributed by atoms with Gasteiger partial charge < -0.3 is 0 Å². The van der Waals surface area contributed by atoms with Crippen LogP contribution in [0.15, 0.2) is 28.7 Å². The SMILES string of the molecule is CC(C#N)Cc1ccccc1Br. The highest BCUT2D eigenvalue weighted by molar-refractivity contribution is 9.10. The van der Waals surface area contributed by atoms with E-state index in [9.17, 15) is 0 Å². The predicted molar refractivity (Wildman–Crippen MR) is 52.6 cm³/mol. The molecule has 1 nitrogen and oxygen atoms in total. The molecule has 12 heavy (non-hydrogen) atoms. The molecule has 0 bridgehead atoms. The average molecular weight is 224 g/mol. The minimum Gasteiger partial charge on any atom is -0.198 e. The van der Waals surface area contributed by atoms with Crippen LogP contribution in [-0.2, 0) is 6.42 Å². The molecule has 0 radical (unpaired) electrons. The quantitative estimate of drug-likeness (QED) is 0.756. The minimum absolute atomic E-state index is 0.0868. The van der Waals surface area contributed by atoms with Crippen LogP contribution in [0.4, 0.5) is 0 Å². The van der Waals surface area contributed by atoms with Gasteiger partial charge in [-0.3, -0.25) is 0 Å². The van der Waals surface area contributed by atoms with Crippen molar-refractivity contribution in [3.8, 4) is 6.07 Å². The number of rotatable bonds is 2. The normalized spacial score (nSPS) is 12.1. The predicted octanol–water partition coefficient (Wildman–Crippen LogP) is 3.15. The lowest BCUT2D eigenvalue weighted by Gasteiger charge is -2.04. The van der Waals surface area contributed by atoms with Crippen molar-refractivity contribution in [1.29, 1.82) is 5.26 Å². The van der Waals surface area contributed by atoms with E-state index < -0.39 is 0 Å². The molecular formula is C10H10BrN. The van der Waals surface area contributed by atoms with Gasteiger partial charge in [0.2, 0.25) is 0 Å². The van der Waals surface area contributed by atoms with E-state index in [0.29, 0.717) is 0 Å². The Kier molecular flexibility index (Phi) is 3.31. The van der Waals surface area contributed by atoms with Crippen molar-refractivity contribution in [1.82, 2.24) is 0 Å². The summed E-state index contributed by atoms with van der Waals surface area (Å²) >= 11 is 3.44. The maximum Gasteiger partial charge on any atom is 0.0656 e. The molecule has 0 aliphatic heterocycles. The molecule has 2 heteroatoms. The van der Waals surface area contributed by atoms with E-state index in [2.05, 4.69) is 22.0 Å². The first-order chi connectivity index (χ1) is 5.74. The Morgan fingerprint density at radius 2 is 2.17 bits per heavy atom. The summed E-state index contributed by atoms with van der Waals surface area (Å²) in [6.45, 7) is 1.93. The highest BCUT2D eigenvalue weighted by Crippen LogP contribution is 2.18. The van der Waals surface area contributed by atoms with Gasteiger partial charge in [0.25, 0.3) is 0 Å². The molecule has 1 aromatic carbocycles. The van der Waals surface area contributed by atoms with Crippen molar-refractivity contribution in [2.45, 2.75) is 13.3 Å². The Labute approximate surface area is 81.2 Å². The Balaban J connectivity index is 2.77. The lowest BCUT2D eigenvalue weighted by Crippen LogP contribution is -1.96. The van der Waals surface area contributed by atoms with Crippen LogP contribution in [0.25, 0.3) is 0 Å². The van der Waals surface area contributed by atoms with E-state index in [1.807, 2.05) is 31.2 Å². The summed E-state index contributed by atoms with van der Waals surface area (Å²) in [5.41, 5.74) is 1.20. The van der Waals surface area contributed by atoms with Gasteiger partial charge in [-0.25, -0.2) is 0 Å². The van der Waals surface area contributed by atoms with Gasteiger partial charge in [0, 0.05) is 10.4 Å². The fraction of sp³-hybridized carbons (Fsp3) is 0.300. The zero-order valence-electron chi connectivity index (χ0n) is 6.92. The van der Waals surface area contributed by atoms with E-state index in [4.69, 9.17) is 5.26 Å². The Morgan fingerprint density at radius 3 is 2.75 bits per heavy atom. The lowest BCUT2D eigenvalue weighted by molar-refractivity contribution is 0.736. The van der Waals surface area contributed by atoms with Crippen LogP contribution in [-0.4, -0.2) is 0 Å². The van der Waals surface area contributed by atoms with Gasteiger partial charge in [-0.15, -0.1) is 0 Å². The molecule has 0 aliphatic carbocycles. The maximum absolute atomic E-state index is 8.62. The van der Waals surface area contributed by atoms with Crippen LogP contribution in [0.1, 0.15) is 12.5 Å². The Hall–Kier alpha value is -0.810. The molecule has 0 amide bonds. The first-order valence-corrected chi connectivity index (χ1v) is 4.66. The van der Waals surface area contributed by atoms with Crippen molar-refractivity contribution < 1.29 is 0 Å². The van der Waals surface area contributed by atoms with Crippen LogP contribution in [0.5, 0.6) is 0 Å². The number of halogens is 1. The van der Waals surface area contributed by atoms with Crippen LogP contribution >= 0.6 is 15.9 Å². The summed E-state index contributed by atoms with van der Waals surface area (Å²) in [7, 11) is 0. The summed E-state index contributed by atoms with van der Waals surface area (Å²) in [6.07, 6.45) is 0.817. The van der Waals surface area contributed by atoms with E-state index in [0.717, 1.165) is 10.9 Å². The molecule has 1 rings (SSSR count). The number of nitriles is 1. The first kappa shape index (κ1) is 9.28. The molecule has 0 spiro atoms. The molecule has 0 aliphatic rings. The summed E-state index contributed by atoms with van der Waals surface area (Å²) in [5, 5.41) is 8.62. The average Bonchev–Trinajstić information content (AvgIpc) is 2.09. The highest BCUT2D eigenvalue weighted by Gasteiger charge is 2.03. The van der Waals surface area contributed by atoms with Crippen molar-refractivity contribution in [3.63, 3.8) is 0 Å². The van der Waals surface area contributed by atoms with Gasteiger partial charge in [0.15, 0.2) is 0 Å². The third kappa shape index (κ3) is 2.35. The van der Waals surface area contributed by atoms with Crippen LogP contribution < -0.4 is 0 Å². The molecule has 62 valence electrons. The second-order valence-corrected chi connectivity index (χ2v) is 3.68. The van der Waals surface area contributed by atoms with Crippen molar-refractivity contribution >= 4 is 15.9 Å². The molecule has 1 atom stereocenters. The number of hydrogen-bond donors (Lipinski definition) is 0. The third-order valence-electron chi connectivity index (χ3n) is 1.70. The smallest absolute Gasteiger partial charge is 0.0656 e. The lowest BCUT2D eigenvalue weighted by atomic mass is 10.0. The Bertz CT molecular complexity index is 301. The largest absolute Gasteiger partial charge is 0.198 e. The molecule has 0 saturated heterocycles. The molecule has 0 N–H and O–H groups in total. The standard InChI is InChI=1S/C10H10BrN/c1-8(7-12)6-9-4-2-3-5-10(9)11/h2-5,8H,6H2,1H3. The van der Waals surface area contributed by atoms with E-state index >= 15 is 0 Å². The zero-order valence-corrected chi connectivity index (χ0v) is 8.51. The fourth-order valence-corrected chi connectivity index (χ4v) is 1.49. The number of benzene rings is 1. The van der Waals surface area contributed by atoms with Gasteiger partial charge in [-0.1, -0.05) is 34.1 Å². The molecule has 0 saturated carbocycles. The molecular weight excluding hydrogens is 214 g/mol. The van der Waals surface area contributed by atoms with Crippen LogP contribution in [0, 0.1) is 17.2 Å². The van der Waals surface area contributed by atoms with Crippen molar-refractivity contribution in [2.75, 3.05) is 0 Å². The Morgan fingerprint density at radius 1 is 1.50 bits per heavy atom. The topological polar surface area (TPSA) is 23.8 Å². The molecule has 0 fully saturated rings. The van der Waals surface area contributed by atoms with E-state index in [1.165, 1.54) is 5.56 Å². The van der Waals surface area contributed by atoms with E-state index in [1.54, 1.807) is 0 Å². The second-order valence-electron chi connectivity index (χ2n) is 2.83. The summed E-state index contributed by atoms with van der Waals surface area (Å²) in [4.78, 5) is 0. The molecule has 0 aromatic heterocycles. The van der Waals surface area contributed by atoms with Gasteiger partial charge in [0.1, 0.15) is 0 Å². The van der Waals surface area contributed by atoms with Crippen molar-refractivity contribution in [3.05, 3.63) is 34.3 Å². The summed E-state index contributed by atoms with van der Waals surface area (Å²) in [6, 6.07) is 10.2. The minimum atomic E-state index is 0.0868. The summed E-state index contributed by atoms with van der Waals surface area (Å²) < 4.78 is 1.09. The van der Waals surface area contributed by atoms with Gasteiger partial charge >= 0.3 is 0 Å². The number of hydrogen-bond acceptors (Lipinski definition) is 1. The summed E-state index contributed by atoms with van der Waals surface area (Å²) in [5.74, 6) is 0.0868. The van der Waals surface area contributed by atoms with Crippen LogP contribution in [0.3, 0.4) is 0 Å². The van der Waals surface area contributed by atoms with Gasteiger partial charge in [0.05, 0.1) is 6.07 Å². The maximum atomic E-state index is 8.62. The number of nitrogens with zero attached hydrogens (tertiary/aromatic N) is 1. The second kappa shape index (κ2) is 4.27. The zero-order chi connectivity index (χ0) is 8.97. The monoisotopic (exact) mass is 223 g/mol. The van der Waals surface area contributed by atoms with Crippen molar-refractivity contribution in [2.24, 2.45) is 5.92 Å². The molecule has 1 aromatic rings. The van der Waals surface area contributed by atoms with Gasteiger partial charge in [-0.2, -0.15) is 5.26 Å². The van der Waals surface area contributed by atoms with Gasteiger partial charge in [-0.05, 0) is 25.0 Å². The van der Waals surface area contributed by atoms with E-state index in [-0.39, 0.29) is 5.92 Å². The fourth-order valence-electron chi connectivity index (χ4n) is 1.04. The molecule has 0 heterocycles. The highest BCUT2D eigenvalue weighted by atomic mass is 79.9. The molecule has 1 unspecified atom stereocenters. The van der Waals surface area contributed by atoms with Crippen LogP contribution in [0.2, 0.25) is 0 Å². The first-order valence-electron chi connectivity index (χ1n) is 3.87. The third-order valence-corrected chi connectivity index (χ3v) is 2.48.